The number of hydrogen-bond donors (Lipinski definition) is 1. The Morgan fingerprint density at radius 1 is 1.15 bits per heavy atom. The highest BCUT2D eigenvalue weighted by molar-refractivity contribution is 5.78. The van der Waals surface area contributed by atoms with Crippen LogP contribution in [-0.4, -0.2) is 51.8 Å². The summed E-state index contributed by atoms with van der Waals surface area (Å²) in [6.45, 7) is 10.9. The Balaban J connectivity index is 1.53. The monoisotopic (exact) mass is 361 g/mol. The number of fused-ring (bicyclic) bond motifs is 1. The second-order valence-electron chi connectivity index (χ2n) is 9.17. The third-order valence-corrected chi connectivity index (χ3v) is 5.57. The van der Waals surface area contributed by atoms with Crippen LogP contribution in [0.3, 0.4) is 0 Å². The van der Waals surface area contributed by atoms with Gasteiger partial charge in [-0.2, -0.15) is 0 Å². The van der Waals surface area contributed by atoms with Crippen molar-refractivity contribution >= 4 is 5.91 Å². The van der Waals surface area contributed by atoms with Crippen molar-refractivity contribution in [2.24, 2.45) is 5.41 Å². The Hall–Kier alpha value is -1.43. The van der Waals surface area contributed by atoms with Crippen LogP contribution < -0.4 is 5.32 Å². The summed E-state index contributed by atoms with van der Waals surface area (Å²) >= 11 is 0. The lowest BCUT2D eigenvalue weighted by Crippen LogP contribution is -2.43. The SMILES string of the molecule is CC(C)(C)CCNC(=O)CN1CCCC(c2nnc3n2CCCCC3)C1. The van der Waals surface area contributed by atoms with E-state index in [4.69, 9.17) is 0 Å². The first-order valence-electron chi connectivity index (χ1n) is 10.3. The van der Waals surface area contributed by atoms with Crippen molar-refractivity contribution in [3.05, 3.63) is 11.6 Å². The molecule has 0 aromatic carbocycles. The van der Waals surface area contributed by atoms with Gasteiger partial charge in [0, 0.05) is 32.0 Å². The first kappa shape index (κ1) is 19.3. The van der Waals surface area contributed by atoms with Gasteiger partial charge >= 0.3 is 0 Å². The van der Waals surface area contributed by atoms with Gasteiger partial charge in [0.05, 0.1) is 6.54 Å². The van der Waals surface area contributed by atoms with Crippen molar-refractivity contribution in [1.82, 2.24) is 25.0 Å². The van der Waals surface area contributed by atoms with E-state index >= 15 is 0 Å². The number of amides is 1. The molecule has 1 aromatic rings. The molecular formula is C20H35N5O. The largest absolute Gasteiger partial charge is 0.355 e. The van der Waals surface area contributed by atoms with Crippen LogP contribution in [0.5, 0.6) is 0 Å². The highest BCUT2D eigenvalue weighted by Crippen LogP contribution is 2.27. The zero-order chi connectivity index (χ0) is 18.6. The summed E-state index contributed by atoms with van der Waals surface area (Å²) in [5.41, 5.74) is 0.259. The van der Waals surface area contributed by atoms with Gasteiger partial charge in [-0.25, -0.2) is 0 Å². The molecule has 3 rings (SSSR count). The van der Waals surface area contributed by atoms with Crippen LogP contribution in [0.4, 0.5) is 0 Å². The normalized spacial score (nSPS) is 21.9. The van der Waals surface area contributed by atoms with E-state index in [9.17, 15) is 4.79 Å². The molecule has 3 heterocycles. The number of aromatic nitrogens is 3. The van der Waals surface area contributed by atoms with E-state index < -0.39 is 0 Å². The fraction of sp³-hybridized carbons (Fsp3) is 0.850. The number of aryl methyl sites for hydroxylation is 1. The molecule has 26 heavy (non-hydrogen) atoms. The summed E-state index contributed by atoms with van der Waals surface area (Å²) in [6, 6.07) is 0. The zero-order valence-electron chi connectivity index (χ0n) is 16.8. The molecular weight excluding hydrogens is 326 g/mol. The Kier molecular flexibility index (Phi) is 6.33. The maximum atomic E-state index is 12.3. The predicted octanol–water partition coefficient (Wildman–Crippen LogP) is 2.74. The highest BCUT2D eigenvalue weighted by Gasteiger charge is 2.28. The average Bonchev–Trinajstić information content (AvgIpc) is 2.82. The average molecular weight is 362 g/mol. The molecule has 6 nitrogen and oxygen atoms in total. The lowest BCUT2D eigenvalue weighted by Gasteiger charge is -2.32. The molecule has 1 saturated heterocycles. The molecule has 1 amide bonds. The first-order chi connectivity index (χ1) is 12.4. The lowest BCUT2D eigenvalue weighted by atomic mass is 9.92. The van der Waals surface area contributed by atoms with E-state index in [0.717, 1.165) is 63.5 Å². The fourth-order valence-corrected chi connectivity index (χ4v) is 4.06. The number of likely N-dealkylation sites (tertiary alicyclic amines) is 1. The number of carbonyl (C=O) groups is 1. The van der Waals surface area contributed by atoms with Crippen LogP contribution in [0, 0.1) is 5.41 Å². The first-order valence-corrected chi connectivity index (χ1v) is 10.3. The minimum atomic E-state index is 0.148. The predicted molar refractivity (Wildman–Crippen MR) is 103 cm³/mol. The van der Waals surface area contributed by atoms with Gasteiger partial charge in [-0.15, -0.1) is 10.2 Å². The van der Waals surface area contributed by atoms with Gasteiger partial charge in [0.1, 0.15) is 11.6 Å². The van der Waals surface area contributed by atoms with Gasteiger partial charge in [0.2, 0.25) is 5.91 Å². The van der Waals surface area contributed by atoms with Gasteiger partial charge in [-0.05, 0) is 44.1 Å². The van der Waals surface area contributed by atoms with Crippen molar-refractivity contribution in [3.63, 3.8) is 0 Å². The Bertz CT molecular complexity index is 604. The second kappa shape index (κ2) is 8.51. The number of carbonyl (C=O) groups excluding carboxylic acids is 1. The van der Waals surface area contributed by atoms with Crippen molar-refractivity contribution in [1.29, 1.82) is 0 Å². The molecule has 0 bridgehead atoms. The van der Waals surface area contributed by atoms with Gasteiger partial charge in [0.15, 0.2) is 0 Å². The summed E-state index contributed by atoms with van der Waals surface area (Å²) in [4.78, 5) is 14.6. The molecule has 6 heteroatoms. The van der Waals surface area contributed by atoms with Crippen molar-refractivity contribution in [2.45, 2.75) is 78.2 Å². The molecule has 1 fully saturated rings. The Morgan fingerprint density at radius 3 is 2.81 bits per heavy atom. The summed E-state index contributed by atoms with van der Waals surface area (Å²) in [7, 11) is 0. The smallest absolute Gasteiger partial charge is 0.234 e. The maximum absolute atomic E-state index is 12.3. The zero-order valence-corrected chi connectivity index (χ0v) is 16.8. The van der Waals surface area contributed by atoms with E-state index in [1.165, 1.54) is 19.3 Å². The topological polar surface area (TPSA) is 63.1 Å². The van der Waals surface area contributed by atoms with E-state index in [1.54, 1.807) is 0 Å². The standard InChI is InChI=1S/C20H35N5O/c1-20(2,3)10-11-21-18(26)15-24-12-7-8-16(14-24)19-23-22-17-9-5-4-6-13-25(17)19/h16H,4-15H2,1-3H3,(H,21,26). The minimum Gasteiger partial charge on any atom is -0.355 e. The number of nitrogens with zero attached hydrogens (tertiary/aromatic N) is 4. The molecule has 0 spiro atoms. The third kappa shape index (κ3) is 5.29. The van der Waals surface area contributed by atoms with E-state index in [1.807, 2.05) is 0 Å². The molecule has 1 unspecified atom stereocenters. The van der Waals surface area contributed by atoms with Crippen LogP contribution in [0.25, 0.3) is 0 Å². The molecule has 0 radical (unpaired) electrons. The van der Waals surface area contributed by atoms with Gasteiger partial charge in [0.25, 0.3) is 0 Å². The van der Waals surface area contributed by atoms with Crippen molar-refractivity contribution in [3.8, 4) is 0 Å². The van der Waals surface area contributed by atoms with Gasteiger partial charge < -0.3 is 9.88 Å². The number of piperidine rings is 1. The second-order valence-corrected chi connectivity index (χ2v) is 9.17. The van der Waals surface area contributed by atoms with Crippen molar-refractivity contribution in [2.75, 3.05) is 26.2 Å². The molecule has 146 valence electrons. The highest BCUT2D eigenvalue weighted by atomic mass is 16.2. The lowest BCUT2D eigenvalue weighted by molar-refractivity contribution is -0.122. The number of rotatable bonds is 5. The van der Waals surface area contributed by atoms with Crippen LogP contribution >= 0.6 is 0 Å². The van der Waals surface area contributed by atoms with Gasteiger partial charge in [-0.1, -0.05) is 27.2 Å². The quantitative estimate of drug-likeness (QED) is 0.876. The Morgan fingerprint density at radius 2 is 2.00 bits per heavy atom. The van der Waals surface area contributed by atoms with Crippen LogP contribution in [0.1, 0.15) is 76.9 Å². The molecule has 1 aromatic heterocycles. The number of nitrogens with one attached hydrogen (secondary N) is 1. The molecule has 0 saturated carbocycles. The van der Waals surface area contributed by atoms with Crippen LogP contribution in [0.15, 0.2) is 0 Å². The molecule has 2 aliphatic rings. The molecule has 1 N–H and O–H groups in total. The summed E-state index contributed by atoms with van der Waals surface area (Å²) in [5, 5.41) is 12.1. The van der Waals surface area contributed by atoms with E-state index in [-0.39, 0.29) is 11.3 Å². The molecule has 2 aliphatic heterocycles. The summed E-state index contributed by atoms with van der Waals surface area (Å²) in [6.07, 6.45) is 8.08. The summed E-state index contributed by atoms with van der Waals surface area (Å²) in [5.74, 6) is 2.87. The third-order valence-electron chi connectivity index (χ3n) is 5.57. The minimum absolute atomic E-state index is 0.148. The summed E-state index contributed by atoms with van der Waals surface area (Å²) < 4.78 is 2.37. The van der Waals surface area contributed by atoms with Crippen LogP contribution in [-0.2, 0) is 17.8 Å². The van der Waals surface area contributed by atoms with Crippen LogP contribution in [0.2, 0.25) is 0 Å². The Labute approximate surface area is 157 Å². The van der Waals surface area contributed by atoms with Crippen molar-refractivity contribution < 1.29 is 4.79 Å². The van der Waals surface area contributed by atoms with E-state index in [2.05, 4.69) is 45.8 Å². The van der Waals surface area contributed by atoms with E-state index in [0.29, 0.717) is 12.5 Å². The number of hydrogen-bond acceptors (Lipinski definition) is 4. The molecule has 1 atom stereocenters. The van der Waals surface area contributed by atoms with Gasteiger partial charge in [-0.3, -0.25) is 9.69 Å². The maximum Gasteiger partial charge on any atom is 0.234 e. The molecule has 0 aliphatic carbocycles. The fourth-order valence-electron chi connectivity index (χ4n) is 4.06.